The maximum absolute atomic E-state index is 12.4. The van der Waals surface area contributed by atoms with Crippen molar-refractivity contribution in [3.8, 4) is 0 Å². The maximum Gasteiger partial charge on any atom is 0.250 e. The van der Waals surface area contributed by atoms with Gasteiger partial charge in [-0.05, 0) is 25.0 Å². The monoisotopic (exact) mass is 247 g/mol. The number of carbonyl (C=O) groups is 2. The number of nitrogens with zero attached hydrogens (tertiary/aromatic N) is 2. The van der Waals surface area contributed by atoms with Crippen molar-refractivity contribution >= 4 is 17.5 Å². The quantitative estimate of drug-likeness (QED) is 0.870. The molecule has 96 valence electrons. The van der Waals surface area contributed by atoms with E-state index in [1.54, 1.807) is 29.4 Å². The fourth-order valence-corrected chi connectivity index (χ4v) is 2.22. The number of hydrogen-bond donors (Lipinski definition) is 1. The van der Waals surface area contributed by atoms with E-state index in [4.69, 9.17) is 0 Å². The Morgan fingerprint density at radius 2 is 2.11 bits per heavy atom. The first kappa shape index (κ1) is 12.5. The van der Waals surface area contributed by atoms with Crippen LogP contribution in [0.4, 0.5) is 5.69 Å². The lowest BCUT2D eigenvalue weighted by atomic mass is 10.0. The summed E-state index contributed by atoms with van der Waals surface area (Å²) in [5, 5.41) is 2.77. The molecule has 0 aromatic carbocycles. The Morgan fingerprint density at radius 1 is 1.33 bits per heavy atom. The van der Waals surface area contributed by atoms with E-state index in [1.807, 2.05) is 13.8 Å². The van der Waals surface area contributed by atoms with Gasteiger partial charge in [-0.2, -0.15) is 0 Å². The van der Waals surface area contributed by atoms with E-state index in [-0.39, 0.29) is 11.8 Å². The van der Waals surface area contributed by atoms with Crippen molar-refractivity contribution in [3.63, 3.8) is 0 Å². The van der Waals surface area contributed by atoms with Gasteiger partial charge in [-0.15, -0.1) is 0 Å². The number of carbonyl (C=O) groups excluding carboxylic acids is 2. The van der Waals surface area contributed by atoms with E-state index in [0.29, 0.717) is 18.5 Å². The average Bonchev–Trinajstić information content (AvgIpc) is 2.41. The summed E-state index contributed by atoms with van der Waals surface area (Å²) in [6.45, 7) is 3.78. The minimum Gasteiger partial charge on any atom is -0.342 e. The molecule has 0 aliphatic carbocycles. The number of aromatic nitrogens is 1. The number of rotatable bonds is 3. The SMILES string of the molecule is CCC1NC(=O)C(CC)N(c2cccnc2)C1=O. The molecule has 1 N–H and O–H groups in total. The summed E-state index contributed by atoms with van der Waals surface area (Å²) < 4.78 is 0. The normalized spacial score (nSPS) is 24.0. The highest BCUT2D eigenvalue weighted by atomic mass is 16.2. The summed E-state index contributed by atoms with van der Waals surface area (Å²) in [4.78, 5) is 29.9. The van der Waals surface area contributed by atoms with Crippen molar-refractivity contribution in [3.05, 3.63) is 24.5 Å². The van der Waals surface area contributed by atoms with Crippen LogP contribution in [0.15, 0.2) is 24.5 Å². The molecule has 0 bridgehead atoms. The highest BCUT2D eigenvalue weighted by Gasteiger charge is 2.39. The summed E-state index contributed by atoms with van der Waals surface area (Å²) in [7, 11) is 0. The molecule has 1 fully saturated rings. The fraction of sp³-hybridized carbons (Fsp3) is 0.462. The molecule has 2 unspecified atom stereocenters. The summed E-state index contributed by atoms with van der Waals surface area (Å²) in [6, 6.07) is 2.70. The molecule has 18 heavy (non-hydrogen) atoms. The lowest BCUT2D eigenvalue weighted by Crippen LogP contribution is -2.63. The smallest absolute Gasteiger partial charge is 0.250 e. The lowest BCUT2D eigenvalue weighted by Gasteiger charge is -2.38. The van der Waals surface area contributed by atoms with Crippen molar-refractivity contribution in [2.45, 2.75) is 38.8 Å². The Bertz CT molecular complexity index is 447. The van der Waals surface area contributed by atoms with Gasteiger partial charge in [-0.1, -0.05) is 13.8 Å². The standard InChI is InChI=1S/C13H17N3O2/c1-3-10-13(18)16(9-6-5-7-14-8-9)11(4-2)12(17)15-10/h5-8,10-11H,3-4H2,1-2H3,(H,15,17). The van der Waals surface area contributed by atoms with E-state index >= 15 is 0 Å². The molecule has 2 rings (SSSR count). The molecule has 0 spiro atoms. The molecule has 0 saturated carbocycles. The van der Waals surface area contributed by atoms with Gasteiger partial charge >= 0.3 is 0 Å². The Morgan fingerprint density at radius 3 is 2.67 bits per heavy atom. The van der Waals surface area contributed by atoms with E-state index in [9.17, 15) is 9.59 Å². The topological polar surface area (TPSA) is 62.3 Å². The Kier molecular flexibility index (Phi) is 3.60. The van der Waals surface area contributed by atoms with Crippen LogP contribution in [0.5, 0.6) is 0 Å². The molecular weight excluding hydrogens is 230 g/mol. The second-order valence-electron chi connectivity index (χ2n) is 4.31. The maximum atomic E-state index is 12.4. The second kappa shape index (κ2) is 5.16. The van der Waals surface area contributed by atoms with Gasteiger partial charge in [0.25, 0.3) is 0 Å². The summed E-state index contributed by atoms with van der Waals surface area (Å²) in [5.74, 6) is -0.148. The van der Waals surface area contributed by atoms with E-state index in [0.717, 1.165) is 0 Å². The molecule has 2 amide bonds. The molecule has 1 aromatic rings. The van der Waals surface area contributed by atoms with E-state index in [2.05, 4.69) is 10.3 Å². The first-order valence-corrected chi connectivity index (χ1v) is 6.22. The van der Waals surface area contributed by atoms with Crippen molar-refractivity contribution in [2.24, 2.45) is 0 Å². The van der Waals surface area contributed by atoms with Crippen LogP contribution >= 0.6 is 0 Å². The number of nitrogens with one attached hydrogen (secondary N) is 1. The molecule has 2 heterocycles. The highest BCUT2D eigenvalue weighted by molar-refractivity contribution is 6.08. The number of pyridine rings is 1. The van der Waals surface area contributed by atoms with E-state index in [1.165, 1.54) is 0 Å². The molecule has 1 aliphatic rings. The van der Waals surface area contributed by atoms with Gasteiger partial charge in [0.2, 0.25) is 11.8 Å². The van der Waals surface area contributed by atoms with Crippen molar-refractivity contribution < 1.29 is 9.59 Å². The van der Waals surface area contributed by atoms with Crippen LogP contribution in [0.1, 0.15) is 26.7 Å². The predicted molar refractivity (Wildman–Crippen MR) is 68.0 cm³/mol. The van der Waals surface area contributed by atoms with Crippen LogP contribution in [0.25, 0.3) is 0 Å². The molecule has 1 aliphatic heterocycles. The molecule has 1 aromatic heterocycles. The summed E-state index contributed by atoms with van der Waals surface area (Å²) in [6.07, 6.45) is 4.45. The van der Waals surface area contributed by atoms with Gasteiger partial charge in [0, 0.05) is 6.20 Å². The zero-order chi connectivity index (χ0) is 13.1. The Labute approximate surface area is 106 Å². The number of hydrogen-bond acceptors (Lipinski definition) is 3. The van der Waals surface area contributed by atoms with Crippen molar-refractivity contribution in [1.82, 2.24) is 10.3 Å². The van der Waals surface area contributed by atoms with Crippen LogP contribution < -0.4 is 10.2 Å². The fourth-order valence-electron chi connectivity index (χ4n) is 2.22. The molecule has 5 nitrogen and oxygen atoms in total. The van der Waals surface area contributed by atoms with Crippen LogP contribution in [0.2, 0.25) is 0 Å². The van der Waals surface area contributed by atoms with Gasteiger partial charge in [-0.3, -0.25) is 19.5 Å². The van der Waals surface area contributed by atoms with Crippen LogP contribution in [0, 0.1) is 0 Å². The van der Waals surface area contributed by atoms with Gasteiger partial charge in [0.05, 0.1) is 11.9 Å². The molecule has 2 atom stereocenters. The summed E-state index contributed by atoms with van der Waals surface area (Å²) >= 11 is 0. The van der Waals surface area contributed by atoms with Gasteiger partial charge in [0.1, 0.15) is 12.1 Å². The third-order valence-corrected chi connectivity index (χ3v) is 3.19. The summed E-state index contributed by atoms with van der Waals surface area (Å²) in [5.41, 5.74) is 0.683. The first-order chi connectivity index (χ1) is 8.69. The van der Waals surface area contributed by atoms with Gasteiger partial charge in [0.15, 0.2) is 0 Å². The largest absolute Gasteiger partial charge is 0.342 e. The van der Waals surface area contributed by atoms with Crippen molar-refractivity contribution in [2.75, 3.05) is 4.90 Å². The molecule has 5 heteroatoms. The minimum atomic E-state index is -0.440. The molecule has 1 saturated heterocycles. The minimum absolute atomic E-state index is 0.0584. The van der Waals surface area contributed by atoms with Crippen LogP contribution in [-0.4, -0.2) is 28.9 Å². The zero-order valence-electron chi connectivity index (χ0n) is 10.6. The molecular formula is C13H17N3O2. The predicted octanol–water partition coefficient (Wildman–Crippen LogP) is 1.10. The average molecular weight is 247 g/mol. The first-order valence-electron chi connectivity index (χ1n) is 6.22. The van der Waals surface area contributed by atoms with Gasteiger partial charge < -0.3 is 5.32 Å². The lowest BCUT2D eigenvalue weighted by molar-refractivity contribution is -0.134. The van der Waals surface area contributed by atoms with E-state index < -0.39 is 12.1 Å². The second-order valence-corrected chi connectivity index (χ2v) is 4.31. The Hall–Kier alpha value is -1.91. The van der Waals surface area contributed by atoms with Crippen molar-refractivity contribution in [1.29, 1.82) is 0 Å². The van der Waals surface area contributed by atoms with Crippen LogP contribution in [-0.2, 0) is 9.59 Å². The third-order valence-electron chi connectivity index (χ3n) is 3.19. The Balaban J connectivity index is 2.38. The third kappa shape index (κ3) is 2.08. The van der Waals surface area contributed by atoms with Crippen LogP contribution in [0.3, 0.4) is 0 Å². The van der Waals surface area contributed by atoms with Gasteiger partial charge in [-0.25, -0.2) is 0 Å². The molecule has 0 radical (unpaired) electrons. The zero-order valence-corrected chi connectivity index (χ0v) is 10.6. The number of amides is 2. The highest BCUT2D eigenvalue weighted by Crippen LogP contribution is 2.22. The number of anilines is 1. The number of piperazine rings is 1.